The van der Waals surface area contributed by atoms with E-state index in [0.29, 0.717) is 25.2 Å². The smallest absolute Gasteiger partial charge is 0.267 e. The van der Waals surface area contributed by atoms with E-state index < -0.39 is 0 Å². The fraction of sp³-hybridized carbons (Fsp3) is 0.276. The van der Waals surface area contributed by atoms with Crippen LogP contribution in [-0.4, -0.2) is 27.9 Å². The average molecular weight is 467 g/mol. The molecular weight excluding hydrogens is 436 g/mol. The summed E-state index contributed by atoms with van der Waals surface area (Å²) in [6, 6.07) is 21.9. The maximum atomic E-state index is 13.3. The van der Waals surface area contributed by atoms with Crippen molar-refractivity contribution in [2.45, 2.75) is 39.2 Å². The summed E-state index contributed by atoms with van der Waals surface area (Å²) in [5, 5.41) is 7.03. The second kappa shape index (κ2) is 10.1. The van der Waals surface area contributed by atoms with Crippen LogP contribution in [0.4, 0.5) is 5.69 Å². The van der Waals surface area contributed by atoms with Gasteiger partial charge in [-0.2, -0.15) is 0 Å². The van der Waals surface area contributed by atoms with Gasteiger partial charge in [0, 0.05) is 53.9 Å². The zero-order valence-corrected chi connectivity index (χ0v) is 20.0. The van der Waals surface area contributed by atoms with Crippen LogP contribution in [0.3, 0.4) is 0 Å². The third-order valence-electron chi connectivity index (χ3n) is 6.69. The van der Waals surface area contributed by atoms with E-state index in [1.54, 1.807) is 6.20 Å². The summed E-state index contributed by atoms with van der Waals surface area (Å²) in [7, 11) is 0. The first-order valence-electron chi connectivity index (χ1n) is 12.2. The highest BCUT2D eigenvalue weighted by Gasteiger charge is 2.25. The largest absolute Gasteiger partial charge is 0.350 e. The molecule has 0 aliphatic heterocycles. The fourth-order valence-corrected chi connectivity index (χ4v) is 4.56. The first kappa shape index (κ1) is 22.8. The van der Waals surface area contributed by atoms with Gasteiger partial charge in [-0.3, -0.25) is 14.6 Å². The predicted molar refractivity (Wildman–Crippen MR) is 138 cm³/mol. The molecule has 1 saturated carbocycles. The molecule has 1 aliphatic rings. The first-order chi connectivity index (χ1) is 17.1. The Kier molecular flexibility index (Phi) is 6.62. The lowest BCUT2D eigenvalue weighted by molar-refractivity contribution is -0.122. The van der Waals surface area contributed by atoms with Gasteiger partial charge in [0.05, 0.1) is 0 Å². The monoisotopic (exact) mass is 466 g/mol. The van der Waals surface area contributed by atoms with Gasteiger partial charge >= 0.3 is 0 Å². The normalized spacial score (nSPS) is 13.4. The molecule has 4 aromatic rings. The molecule has 0 spiro atoms. The van der Waals surface area contributed by atoms with Crippen molar-refractivity contribution in [2.75, 3.05) is 11.9 Å². The Morgan fingerprint density at radius 2 is 1.91 bits per heavy atom. The van der Waals surface area contributed by atoms with Gasteiger partial charge in [0.15, 0.2) is 0 Å². The second-order valence-corrected chi connectivity index (χ2v) is 9.32. The highest BCUT2D eigenvalue weighted by atomic mass is 16.2. The average Bonchev–Trinajstić information content (AvgIpc) is 3.16. The summed E-state index contributed by atoms with van der Waals surface area (Å²) in [6.07, 6.45) is 5.48. The van der Waals surface area contributed by atoms with E-state index in [1.165, 1.54) is 5.56 Å². The van der Waals surface area contributed by atoms with Gasteiger partial charge in [0.2, 0.25) is 5.91 Å². The SMILES string of the molecule is Cc1cccc(Cn2c(C(=O)NCCc3ccccn3)cc3cc(NC(=O)C4CCC4)ccc32)c1. The molecule has 5 rings (SSSR count). The lowest BCUT2D eigenvalue weighted by Crippen LogP contribution is -2.28. The highest BCUT2D eigenvalue weighted by Crippen LogP contribution is 2.29. The van der Waals surface area contributed by atoms with Crippen molar-refractivity contribution in [1.82, 2.24) is 14.9 Å². The molecule has 0 bridgehead atoms. The van der Waals surface area contributed by atoms with Gasteiger partial charge in [0.1, 0.15) is 5.69 Å². The molecule has 178 valence electrons. The van der Waals surface area contributed by atoms with Crippen LogP contribution in [-0.2, 0) is 17.8 Å². The van der Waals surface area contributed by atoms with E-state index in [2.05, 4.69) is 45.3 Å². The molecule has 0 saturated heterocycles. The minimum Gasteiger partial charge on any atom is -0.350 e. The van der Waals surface area contributed by atoms with Crippen LogP contribution in [0.2, 0.25) is 0 Å². The van der Waals surface area contributed by atoms with Crippen LogP contribution in [0.25, 0.3) is 10.9 Å². The van der Waals surface area contributed by atoms with Crippen molar-refractivity contribution in [3.63, 3.8) is 0 Å². The summed E-state index contributed by atoms with van der Waals surface area (Å²) in [6.45, 7) is 3.16. The van der Waals surface area contributed by atoms with Crippen molar-refractivity contribution in [3.8, 4) is 0 Å². The van der Waals surface area contributed by atoms with Gasteiger partial charge in [0.25, 0.3) is 5.91 Å². The Balaban J connectivity index is 1.41. The molecule has 1 aliphatic carbocycles. The molecular formula is C29H30N4O2. The van der Waals surface area contributed by atoms with Crippen molar-refractivity contribution in [1.29, 1.82) is 0 Å². The van der Waals surface area contributed by atoms with Gasteiger partial charge in [-0.15, -0.1) is 0 Å². The van der Waals surface area contributed by atoms with E-state index in [0.717, 1.165) is 47.1 Å². The summed E-state index contributed by atoms with van der Waals surface area (Å²) in [5.74, 6) is 0.0872. The maximum absolute atomic E-state index is 13.3. The number of nitrogens with zero attached hydrogens (tertiary/aromatic N) is 2. The minimum absolute atomic E-state index is 0.0854. The minimum atomic E-state index is -0.121. The molecule has 0 atom stereocenters. The molecule has 2 N–H and O–H groups in total. The van der Waals surface area contributed by atoms with Crippen LogP contribution >= 0.6 is 0 Å². The number of hydrogen-bond donors (Lipinski definition) is 2. The molecule has 2 aromatic carbocycles. The van der Waals surface area contributed by atoms with E-state index in [-0.39, 0.29) is 17.7 Å². The molecule has 1 fully saturated rings. The van der Waals surface area contributed by atoms with Crippen LogP contribution in [0.5, 0.6) is 0 Å². The second-order valence-electron chi connectivity index (χ2n) is 9.32. The lowest BCUT2D eigenvalue weighted by Gasteiger charge is -2.24. The van der Waals surface area contributed by atoms with E-state index in [1.807, 2.05) is 48.5 Å². The molecule has 2 amide bonds. The van der Waals surface area contributed by atoms with Crippen molar-refractivity contribution < 1.29 is 9.59 Å². The summed E-state index contributed by atoms with van der Waals surface area (Å²) in [4.78, 5) is 30.0. The van der Waals surface area contributed by atoms with Crippen LogP contribution in [0.1, 0.15) is 46.6 Å². The molecule has 2 heterocycles. The summed E-state index contributed by atoms with van der Waals surface area (Å²) in [5.41, 5.74) is 5.59. The van der Waals surface area contributed by atoms with Crippen LogP contribution < -0.4 is 10.6 Å². The molecule has 35 heavy (non-hydrogen) atoms. The van der Waals surface area contributed by atoms with E-state index in [4.69, 9.17) is 0 Å². The van der Waals surface area contributed by atoms with Crippen LogP contribution in [0.15, 0.2) is 72.9 Å². The molecule has 6 nitrogen and oxygen atoms in total. The number of nitrogens with one attached hydrogen (secondary N) is 2. The Labute approximate surface area is 205 Å². The standard InChI is InChI=1S/C29H30N4O2/c1-20-6-4-7-21(16-20)19-33-26-12-11-25(32-28(34)22-8-5-9-22)17-23(26)18-27(33)29(35)31-15-13-24-10-2-3-14-30-24/h2-4,6-7,10-12,14,16-18,22H,5,8-9,13,15,19H2,1H3,(H,31,35)(H,32,34). The number of fused-ring (bicyclic) bond motifs is 1. The van der Waals surface area contributed by atoms with E-state index in [9.17, 15) is 9.59 Å². The number of anilines is 1. The molecule has 0 radical (unpaired) electrons. The van der Waals surface area contributed by atoms with E-state index >= 15 is 0 Å². The number of carbonyl (C=O) groups excluding carboxylic acids is 2. The third kappa shape index (κ3) is 5.27. The molecule has 0 unspecified atom stereocenters. The zero-order chi connectivity index (χ0) is 24.2. The Morgan fingerprint density at radius 3 is 2.66 bits per heavy atom. The topological polar surface area (TPSA) is 76.0 Å². The number of hydrogen-bond acceptors (Lipinski definition) is 3. The van der Waals surface area contributed by atoms with Crippen LogP contribution in [0, 0.1) is 12.8 Å². The number of pyridine rings is 1. The third-order valence-corrected chi connectivity index (χ3v) is 6.69. The van der Waals surface area contributed by atoms with Crippen molar-refractivity contribution >= 4 is 28.4 Å². The number of benzene rings is 2. The summed E-state index contributed by atoms with van der Waals surface area (Å²) >= 11 is 0. The van der Waals surface area contributed by atoms with Gasteiger partial charge < -0.3 is 15.2 Å². The summed E-state index contributed by atoms with van der Waals surface area (Å²) < 4.78 is 2.05. The Hall–Kier alpha value is -3.93. The number of rotatable bonds is 8. The first-order valence-corrected chi connectivity index (χ1v) is 12.2. The lowest BCUT2D eigenvalue weighted by atomic mass is 9.85. The molecule has 6 heteroatoms. The highest BCUT2D eigenvalue weighted by molar-refractivity contribution is 6.01. The number of aromatic nitrogens is 2. The Morgan fingerprint density at radius 1 is 1.03 bits per heavy atom. The predicted octanol–water partition coefficient (Wildman–Crippen LogP) is 5.10. The van der Waals surface area contributed by atoms with Gasteiger partial charge in [-0.25, -0.2) is 0 Å². The van der Waals surface area contributed by atoms with Crippen molar-refractivity contribution in [3.05, 3.63) is 95.4 Å². The zero-order valence-electron chi connectivity index (χ0n) is 20.0. The molecule has 2 aromatic heterocycles. The maximum Gasteiger partial charge on any atom is 0.267 e. The number of aryl methyl sites for hydroxylation is 1. The number of amides is 2. The number of carbonyl (C=O) groups is 2. The quantitative estimate of drug-likeness (QED) is 0.379. The van der Waals surface area contributed by atoms with Crippen molar-refractivity contribution in [2.24, 2.45) is 5.92 Å². The van der Waals surface area contributed by atoms with Gasteiger partial charge in [-0.05, 0) is 61.7 Å². The fourth-order valence-electron chi connectivity index (χ4n) is 4.56. The van der Waals surface area contributed by atoms with Gasteiger partial charge in [-0.1, -0.05) is 42.3 Å². The Bertz CT molecular complexity index is 1360.